The summed E-state index contributed by atoms with van der Waals surface area (Å²) in [5.74, 6) is 0. The molecule has 15 heavy (non-hydrogen) atoms. The molecule has 0 aromatic carbocycles. The lowest BCUT2D eigenvalue weighted by Gasteiger charge is -2.29. The highest BCUT2D eigenvalue weighted by Gasteiger charge is 2.15. The average molecular weight is 336 g/mol. The van der Waals surface area contributed by atoms with Gasteiger partial charge in [-0.05, 0) is 44.8 Å². The van der Waals surface area contributed by atoms with Gasteiger partial charge in [0.2, 0.25) is 0 Å². The van der Waals surface area contributed by atoms with E-state index in [1.807, 2.05) is 6.92 Å². The molecule has 1 aliphatic heterocycles. The minimum Gasteiger partial charge on any atom is -0.378 e. The molecule has 0 unspecified atom stereocenters. The summed E-state index contributed by atoms with van der Waals surface area (Å²) >= 11 is 6.88. The van der Waals surface area contributed by atoms with Crippen LogP contribution in [-0.4, -0.2) is 31.3 Å². The normalized spacial score (nSPS) is 16.9. The minimum atomic E-state index is 0.799. The van der Waals surface area contributed by atoms with Gasteiger partial charge < -0.3 is 9.64 Å². The lowest BCUT2D eigenvalue weighted by atomic mass is 10.2. The van der Waals surface area contributed by atoms with Crippen LogP contribution in [0.15, 0.2) is 15.1 Å². The fourth-order valence-corrected chi connectivity index (χ4v) is 2.35. The highest BCUT2D eigenvalue weighted by atomic mass is 79.9. The molecule has 2 heterocycles. The highest BCUT2D eigenvalue weighted by Crippen LogP contribution is 2.29. The number of aromatic nitrogens is 1. The summed E-state index contributed by atoms with van der Waals surface area (Å²) < 4.78 is 7.19. The van der Waals surface area contributed by atoms with Crippen molar-refractivity contribution in [3.8, 4) is 0 Å². The Morgan fingerprint density at radius 1 is 1.33 bits per heavy atom. The molecule has 0 saturated carbocycles. The van der Waals surface area contributed by atoms with Gasteiger partial charge >= 0.3 is 0 Å². The van der Waals surface area contributed by atoms with Crippen LogP contribution in [0.25, 0.3) is 0 Å². The number of morpholine rings is 1. The van der Waals surface area contributed by atoms with E-state index >= 15 is 0 Å². The molecule has 0 N–H and O–H groups in total. The van der Waals surface area contributed by atoms with E-state index in [2.05, 4.69) is 47.8 Å². The first-order chi connectivity index (χ1) is 7.18. The molecule has 1 aliphatic rings. The Balaban J connectivity index is 2.30. The predicted molar refractivity (Wildman–Crippen MR) is 67.4 cm³/mol. The Kier molecular flexibility index (Phi) is 3.64. The number of nitrogens with zero attached hydrogens (tertiary/aromatic N) is 2. The Labute approximate surface area is 106 Å². The molecule has 1 saturated heterocycles. The third kappa shape index (κ3) is 2.52. The van der Waals surface area contributed by atoms with Gasteiger partial charge in [-0.3, -0.25) is 0 Å². The molecule has 0 bridgehead atoms. The molecule has 82 valence electrons. The van der Waals surface area contributed by atoms with Crippen LogP contribution in [0.2, 0.25) is 0 Å². The van der Waals surface area contributed by atoms with Gasteiger partial charge in [-0.15, -0.1) is 0 Å². The average Bonchev–Trinajstić information content (AvgIpc) is 2.25. The Bertz CT molecular complexity index is 365. The summed E-state index contributed by atoms with van der Waals surface area (Å²) in [4.78, 5) is 6.74. The summed E-state index contributed by atoms with van der Waals surface area (Å²) in [7, 11) is 0. The van der Waals surface area contributed by atoms with Gasteiger partial charge in [-0.1, -0.05) is 0 Å². The van der Waals surface area contributed by atoms with Crippen LogP contribution < -0.4 is 4.90 Å². The van der Waals surface area contributed by atoms with Crippen molar-refractivity contribution in [2.45, 2.75) is 6.92 Å². The van der Waals surface area contributed by atoms with Crippen molar-refractivity contribution in [2.24, 2.45) is 0 Å². The van der Waals surface area contributed by atoms with Crippen LogP contribution in [0.1, 0.15) is 5.69 Å². The number of halogens is 2. The first-order valence-corrected chi connectivity index (χ1v) is 6.42. The van der Waals surface area contributed by atoms with Crippen LogP contribution in [0.3, 0.4) is 0 Å². The molecule has 0 aliphatic carbocycles. The smallest absolute Gasteiger partial charge is 0.120 e. The fraction of sp³-hybridized carbons (Fsp3) is 0.500. The van der Waals surface area contributed by atoms with Gasteiger partial charge in [-0.25, -0.2) is 4.98 Å². The molecule has 0 spiro atoms. The molecule has 2 rings (SSSR count). The number of rotatable bonds is 1. The van der Waals surface area contributed by atoms with Gasteiger partial charge in [0.15, 0.2) is 0 Å². The predicted octanol–water partition coefficient (Wildman–Crippen LogP) is 2.75. The summed E-state index contributed by atoms with van der Waals surface area (Å²) in [6.45, 7) is 5.51. The number of ether oxygens (including phenoxy) is 1. The zero-order valence-electron chi connectivity index (χ0n) is 8.46. The number of aryl methyl sites for hydroxylation is 1. The first kappa shape index (κ1) is 11.4. The van der Waals surface area contributed by atoms with Crippen molar-refractivity contribution in [1.82, 2.24) is 4.98 Å². The Hall–Kier alpha value is -0.130. The van der Waals surface area contributed by atoms with Gasteiger partial charge in [0.25, 0.3) is 0 Å². The lowest BCUT2D eigenvalue weighted by molar-refractivity contribution is 0.122. The van der Waals surface area contributed by atoms with E-state index in [1.54, 1.807) is 0 Å². The fourth-order valence-electron chi connectivity index (χ4n) is 1.67. The van der Waals surface area contributed by atoms with E-state index in [0.717, 1.165) is 41.1 Å². The van der Waals surface area contributed by atoms with E-state index in [1.165, 1.54) is 5.69 Å². The Morgan fingerprint density at radius 2 is 2.00 bits per heavy atom. The minimum absolute atomic E-state index is 0.799. The van der Waals surface area contributed by atoms with E-state index in [-0.39, 0.29) is 0 Å². The summed E-state index contributed by atoms with van der Waals surface area (Å²) in [6.07, 6.45) is 0. The SMILES string of the molecule is Cc1nc(Br)c(Br)cc1N1CCOCC1. The van der Waals surface area contributed by atoms with Crippen LogP contribution in [0, 0.1) is 6.92 Å². The largest absolute Gasteiger partial charge is 0.378 e. The van der Waals surface area contributed by atoms with Gasteiger partial charge in [0, 0.05) is 13.1 Å². The van der Waals surface area contributed by atoms with Crippen molar-refractivity contribution in [1.29, 1.82) is 0 Å². The first-order valence-electron chi connectivity index (χ1n) is 4.84. The maximum Gasteiger partial charge on any atom is 0.120 e. The Morgan fingerprint density at radius 3 is 2.67 bits per heavy atom. The third-order valence-electron chi connectivity index (χ3n) is 2.45. The van der Waals surface area contributed by atoms with E-state index in [9.17, 15) is 0 Å². The summed E-state index contributed by atoms with van der Waals surface area (Å²) in [5, 5.41) is 0. The summed E-state index contributed by atoms with van der Waals surface area (Å²) in [6, 6.07) is 2.11. The van der Waals surface area contributed by atoms with E-state index in [0.29, 0.717) is 0 Å². The molecular formula is C10H12Br2N2O. The van der Waals surface area contributed by atoms with Crippen molar-refractivity contribution < 1.29 is 4.74 Å². The monoisotopic (exact) mass is 334 g/mol. The molecule has 3 nitrogen and oxygen atoms in total. The second kappa shape index (κ2) is 4.80. The zero-order chi connectivity index (χ0) is 10.8. The van der Waals surface area contributed by atoms with E-state index < -0.39 is 0 Å². The maximum absolute atomic E-state index is 5.33. The van der Waals surface area contributed by atoms with Crippen molar-refractivity contribution in [3.63, 3.8) is 0 Å². The van der Waals surface area contributed by atoms with Crippen molar-refractivity contribution >= 4 is 37.5 Å². The highest BCUT2D eigenvalue weighted by molar-refractivity contribution is 9.13. The molecule has 1 aromatic heterocycles. The number of hydrogen-bond acceptors (Lipinski definition) is 3. The molecule has 1 aromatic rings. The topological polar surface area (TPSA) is 25.4 Å². The van der Waals surface area contributed by atoms with E-state index in [4.69, 9.17) is 4.74 Å². The van der Waals surface area contributed by atoms with Gasteiger partial charge in [-0.2, -0.15) is 0 Å². The molecular weight excluding hydrogens is 324 g/mol. The lowest BCUT2D eigenvalue weighted by Crippen LogP contribution is -2.36. The number of pyridine rings is 1. The molecule has 1 fully saturated rings. The zero-order valence-corrected chi connectivity index (χ0v) is 11.6. The van der Waals surface area contributed by atoms with Crippen LogP contribution in [0.5, 0.6) is 0 Å². The second-order valence-corrected chi connectivity index (χ2v) is 5.07. The third-order valence-corrected chi connectivity index (χ3v) is 4.19. The number of anilines is 1. The van der Waals surface area contributed by atoms with Gasteiger partial charge in [0.1, 0.15) is 4.60 Å². The summed E-state index contributed by atoms with van der Waals surface area (Å²) in [5.41, 5.74) is 2.24. The van der Waals surface area contributed by atoms with Crippen molar-refractivity contribution in [3.05, 3.63) is 20.8 Å². The second-order valence-electron chi connectivity index (χ2n) is 3.46. The van der Waals surface area contributed by atoms with Crippen LogP contribution >= 0.6 is 31.9 Å². The van der Waals surface area contributed by atoms with Crippen molar-refractivity contribution in [2.75, 3.05) is 31.2 Å². The molecule has 0 amide bonds. The van der Waals surface area contributed by atoms with Crippen LogP contribution in [0.4, 0.5) is 5.69 Å². The molecule has 5 heteroatoms. The maximum atomic E-state index is 5.33. The quantitative estimate of drug-likeness (QED) is 0.738. The number of hydrogen-bond donors (Lipinski definition) is 0. The van der Waals surface area contributed by atoms with Crippen LogP contribution in [-0.2, 0) is 4.74 Å². The molecule has 0 radical (unpaired) electrons. The van der Waals surface area contributed by atoms with Gasteiger partial charge in [0.05, 0.1) is 29.1 Å². The standard InChI is InChI=1S/C10H12Br2N2O/c1-7-9(6-8(11)10(12)13-7)14-2-4-15-5-3-14/h6H,2-5H2,1H3. The molecule has 0 atom stereocenters.